The third-order valence-corrected chi connectivity index (χ3v) is 11.7. The van der Waals surface area contributed by atoms with Gasteiger partial charge >= 0.3 is 0 Å². The number of hydrogen-bond donors (Lipinski definition) is 2. The molecule has 3 heteroatoms. The number of fused-ring (bicyclic) bond motifs is 5. The van der Waals surface area contributed by atoms with Crippen molar-refractivity contribution in [3.63, 3.8) is 0 Å². The number of hydrogen-bond acceptors (Lipinski definition) is 3. The number of methoxy groups -OCH3 is 1. The molecule has 4 saturated carbocycles. The molecular weight excluding hydrogens is 396 g/mol. The van der Waals surface area contributed by atoms with Crippen LogP contribution in [0.1, 0.15) is 112 Å². The summed E-state index contributed by atoms with van der Waals surface area (Å²) in [7, 11) is 1.72. The fourth-order valence-corrected chi connectivity index (χ4v) is 9.59. The minimum Gasteiger partial charge on any atom is -0.390 e. The summed E-state index contributed by atoms with van der Waals surface area (Å²) in [5.74, 6) is 4.89. The molecule has 0 saturated heterocycles. The second-order valence-electron chi connectivity index (χ2n) is 13.8. The van der Waals surface area contributed by atoms with E-state index in [1.807, 2.05) is 6.92 Å². The summed E-state index contributed by atoms with van der Waals surface area (Å²) in [4.78, 5) is 0. The van der Waals surface area contributed by atoms with Gasteiger partial charge in [-0.05, 0) is 137 Å². The van der Waals surface area contributed by atoms with Crippen LogP contribution in [0.4, 0.5) is 0 Å². The molecule has 0 aromatic heterocycles. The summed E-state index contributed by atoms with van der Waals surface area (Å²) in [6.45, 7) is 12.4. The third kappa shape index (κ3) is 4.44. The molecular formula is C29H52O3. The molecule has 0 aromatic carbocycles. The van der Waals surface area contributed by atoms with Crippen LogP contribution in [0.15, 0.2) is 0 Å². The summed E-state index contributed by atoms with van der Waals surface area (Å²) in [5, 5.41) is 21.5. The Kier molecular flexibility index (Phi) is 6.89. The van der Waals surface area contributed by atoms with Crippen molar-refractivity contribution >= 4 is 0 Å². The van der Waals surface area contributed by atoms with Crippen molar-refractivity contribution in [2.45, 2.75) is 123 Å². The monoisotopic (exact) mass is 448 g/mol. The molecule has 4 aliphatic carbocycles. The maximum absolute atomic E-state index is 10.8. The zero-order valence-electron chi connectivity index (χ0n) is 22.0. The summed E-state index contributed by atoms with van der Waals surface area (Å²) >= 11 is 0. The van der Waals surface area contributed by atoms with Crippen LogP contribution in [0.5, 0.6) is 0 Å². The molecule has 10 atom stereocenters. The van der Waals surface area contributed by atoms with Gasteiger partial charge in [-0.15, -0.1) is 0 Å². The predicted molar refractivity (Wildman–Crippen MR) is 131 cm³/mol. The lowest BCUT2D eigenvalue weighted by Gasteiger charge is -2.62. The number of rotatable bonds is 7. The van der Waals surface area contributed by atoms with Crippen molar-refractivity contribution in [1.82, 2.24) is 0 Å². The second kappa shape index (κ2) is 8.83. The van der Waals surface area contributed by atoms with Gasteiger partial charge in [0.25, 0.3) is 0 Å². The molecule has 3 nitrogen and oxygen atoms in total. The van der Waals surface area contributed by atoms with E-state index in [9.17, 15) is 10.2 Å². The lowest BCUT2D eigenvalue weighted by molar-refractivity contribution is -0.148. The van der Waals surface area contributed by atoms with Gasteiger partial charge in [-0.2, -0.15) is 0 Å². The molecule has 32 heavy (non-hydrogen) atoms. The van der Waals surface area contributed by atoms with E-state index in [2.05, 4.69) is 27.7 Å². The number of ether oxygens (including phenoxy) is 1. The van der Waals surface area contributed by atoms with E-state index in [0.29, 0.717) is 23.4 Å². The van der Waals surface area contributed by atoms with Gasteiger partial charge in [0.1, 0.15) is 0 Å². The van der Waals surface area contributed by atoms with Gasteiger partial charge < -0.3 is 14.9 Å². The van der Waals surface area contributed by atoms with E-state index in [4.69, 9.17) is 4.74 Å². The largest absolute Gasteiger partial charge is 0.390 e. The molecule has 0 heterocycles. The zero-order chi connectivity index (χ0) is 23.4. The summed E-state index contributed by atoms with van der Waals surface area (Å²) < 4.78 is 5.20. The summed E-state index contributed by atoms with van der Waals surface area (Å²) in [6.07, 6.45) is 14.3. The average Bonchev–Trinajstić information content (AvgIpc) is 3.08. The Morgan fingerprint density at radius 2 is 1.66 bits per heavy atom. The van der Waals surface area contributed by atoms with E-state index in [1.54, 1.807) is 7.11 Å². The minimum absolute atomic E-state index is 0.432. The molecule has 0 amide bonds. The Morgan fingerprint density at radius 3 is 2.38 bits per heavy atom. The summed E-state index contributed by atoms with van der Waals surface area (Å²) in [6, 6.07) is 0. The van der Waals surface area contributed by atoms with Gasteiger partial charge in [0, 0.05) is 13.7 Å². The van der Waals surface area contributed by atoms with Gasteiger partial charge in [0.05, 0.1) is 11.2 Å². The molecule has 0 aliphatic heterocycles. The van der Waals surface area contributed by atoms with Crippen molar-refractivity contribution in [3.05, 3.63) is 0 Å². The Labute approximate surface area is 198 Å². The molecule has 0 bridgehead atoms. The first kappa shape index (κ1) is 25.0. The van der Waals surface area contributed by atoms with Crippen LogP contribution in [0.2, 0.25) is 0 Å². The predicted octanol–water partition coefficient (Wildman–Crippen LogP) is 6.60. The first-order valence-electron chi connectivity index (χ1n) is 13.9. The molecule has 4 aliphatic rings. The number of aliphatic hydroxyl groups is 2. The molecule has 0 spiro atoms. The van der Waals surface area contributed by atoms with E-state index in [-0.39, 0.29) is 0 Å². The normalized spacial score (nSPS) is 48.9. The van der Waals surface area contributed by atoms with Crippen LogP contribution in [0, 0.1) is 46.3 Å². The van der Waals surface area contributed by atoms with Crippen LogP contribution in [0.3, 0.4) is 0 Å². The highest BCUT2D eigenvalue weighted by molar-refractivity contribution is 5.10. The first-order valence-corrected chi connectivity index (χ1v) is 13.9. The molecule has 4 rings (SSSR count). The van der Waals surface area contributed by atoms with E-state index in [0.717, 1.165) is 61.7 Å². The van der Waals surface area contributed by atoms with Crippen LogP contribution in [-0.4, -0.2) is 35.1 Å². The Hall–Kier alpha value is -0.120. The Balaban J connectivity index is 1.43. The van der Waals surface area contributed by atoms with Crippen LogP contribution >= 0.6 is 0 Å². The van der Waals surface area contributed by atoms with Crippen molar-refractivity contribution in [2.24, 2.45) is 46.3 Å². The highest BCUT2D eigenvalue weighted by Gasteiger charge is 2.61. The van der Waals surface area contributed by atoms with Crippen LogP contribution < -0.4 is 0 Å². The van der Waals surface area contributed by atoms with Crippen molar-refractivity contribution in [2.75, 3.05) is 13.7 Å². The van der Waals surface area contributed by atoms with Crippen molar-refractivity contribution < 1.29 is 14.9 Å². The van der Waals surface area contributed by atoms with Crippen LogP contribution in [0.25, 0.3) is 0 Å². The molecule has 2 N–H and O–H groups in total. The van der Waals surface area contributed by atoms with Gasteiger partial charge in [0.15, 0.2) is 0 Å². The lowest BCUT2D eigenvalue weighted by Crippen LogP contribution is -2.55. The first-order chi connectivity index (χ1) is 14.9. The third-order valence-electron chi connectivity index (χ3n) is 11.7. The highest BCUT2D eigenvalue weighted by atomic mass is 16.5. The van der Waals surface area contributed by atoms with Gasteiger partial charge in [-0.1, -0.05) is 20.8 Å². The maximum Gasteiger partial charge on any atom is 0.0641 e. The molecule has 4 fully saturated rings. The summed E-state index contributed by atoms with van der Waals surface area (Å²) in [5.41, 5.74) is -0.0902. The molecule has 186 valence electrons. The standard InChI is InChI=1S/C29H52O3/c1-20(11-13-26(2,30)17-18-32-6)23-9-10-24-22-8-7-21-19-27(3,31)15-16-28(21,4)25(22)12-14-29(23,24)5/h20-25,30-31H,7-19H2,1-6H3/t20-,21?,22+,23-,24+,25+,26?,27+,28+,29-/m1/s1. The second-order valence-corrected chi connectivity index (χ2v) is 13.8. The van der Waals surface area contributed by atoms with Gasteiger partial charge in [-0.3, -0.25) is 0 Å². The highest BCUT2D eigenvalue weighted by Crippen LogP contribution is 2.68. The van der Waals surface area contributed by atoms with Crippen molar-refractivity contribution in [3.8, 4) is 0 Å². The SMILES string of the molecule is COCCC(C)(O)CC[C@@H](C)[C@H]1CC[C@H]2[C@@H]3CCC4C[C@@](C)(O)CC[C@]4(C)[C@H]3CC[C@]12C. The van der Waals surface area contributed by atoms with Crippen LogP contribution in [-0.2, 0) is 4.74 Å². The fraction of sp³-hybridized carbons (Fsp3) is 1.00. The zero-order valence-corrected chi connectivity index (χ0v) is 22.0. The average molecular weight is 449 g/mol. The Morgan fingerprint density at radius 1 is 0.938 bits per heavy atom. The minimum atomic E-state index is -0.601. The maximum atomic E-state index is 10.8. The van der Waals surface area contributed by atoms with E-state index < -0.39 is 11.2 Å². The van der Waals surface area contributed by atoms with Crippen molar-refractivity contribution in [1.29, 1.82) is 0 Å². The molecule has 0 radical (unpaired) electrons. The fourth-order valence-electron chi connectivity index (χ4n) is 9.59. The molecule has 2 unspecified atom stereocenters. The quantitative estimate of drug-likeness (QED) is 0.461. The molecule has 0 aromatic rings. The smallest absolute Gasteiger partial charge is 0.0641 e. The van der Waals surface area contributed by atoms with Gasteiger partial charge in [-0.25, -0.2) is 0 Å². The van der Waals surface area contributed by atoms with E-state index in [1.165, 1.54) is 44.9 Å². The lowest BCUT2D eigenvalue weighted by atomic mass is 9.43. The Bertz CT molecular complexity index is 657. The van der Waals surface area contributed by atoms with Gasteiger partial charge in [0.2, 0.25) is 0 Å². The van der Waals surface area contributed by atoms with E-state index >= 15 is 0 Å². The topological polar surface area (TPSA) is 49.7 Å².